The largest absolute Gasteiger partial charge is 0.306 e. The summed E-state index contributed by atoms with van der Waals surface area (Å²) in [5.41, 5.74) is 4.82. The van der Waals surface area contributed by atoms with Gasteiger partial charge >= 0.3 is 0 Å². The molecule has 2 aliphatic carbocycles. The average Bonchev–Trinajstić information content (AvgIpc) is 3.30. The van der Waals surface area contributed by atoms with Gasteiger partial charge in [-0.1, -0.05) is 24.3 Å². The maximum absolute atomic E-state index is 4.30. The molecule has 4 nitrogen and oxygen atoms in total. The first-order valence-corrected chi connectivity index (χ1v) is 10.2. The molecule has 2 heterocycles. The predicted octanol–water partition coefficient (Wildman–Crippen LogP) is 3.40. The molecule has 26 heavy (non-hydrogen) atoms. The van der Waals surface area contributed by atoms with Crippen LogP contribution in [0.2, 0.25) is 0 Å². The normalized spacial score (nSPS) is 24.9. The number of nitrogens with one attached hydrogen (secondary N) is 1. The Hall–Kier alpha value is -1.65. The summed E-state index contributed by atoms with van der Waals surface area (Å²) in [6, 6.07) is 9.67. The topological polar surface area (TPSA) is 33.1 Å². The summed E-state index contributed by atoms with van der Waals surface area (Å²) >= 11 is 0. The highest BCUT2D eigenvalue weighted by Crippen LogP contribution is 2.51. The van der Waals surface area contributed by atoms with Crippen LogP contribution in [-0.2, 0) is 19.0 Å². The van der Waals surface area contributed by atoms with Crippen molar-refractivity contribution >= 4 is 0 Å². The second-order valence-electron chi connectivity index (χ2n) is 8.77. The zero-order chi connectivity index (χ0) is 17.6. The zero-order valence-corrected chi connectivity index (χ0v) is 15.8. The highest BCUT2D eigenvalue weighted by molar-refractivity contribution is 5.42. The molecular weight excluding hydrogens is 320 g/mol. The van der Waals surface area contributed by atoms with Crippen molar-refractivity contribution in [1.82, 2.24) is 20.0 Å². The van der Waals surface area contributed by atoms with Crippen molar-refractivity contribution in [2.75, 3.05) is 19.6 Å². The molecule has 0 bridgehead atoms. The molecule has 1 saturated heterocycles. The molecule has 1 atom stereocenters. The lowest BCUT2D eigenvalue weighted by molar-refractivity contribution is 0.147. The van der Waals surface area contributed by atoms with Gasteiger partial charge in [0.05, 0.1) is 6.20 Å². The lowest BCUT2D eigenvalue weighted by atomic mass is 9.73. The molecule has 0 amide bonds. The van der Waals surface area contributed by atoms with E-state index in [0.717, 1.165) is 12.5 Å². The van der Waals surface area contributed by atoms with Crippen molar-refractivity contribution in [3.05, 3.63) is 53.3 Å². The van der Waals surface area contributed by atoms with E-state index in [2.05, 4.69) is 45.8 Å². The Morgan fingerprint density at radius 2 is 2.00 bits per heavy atom. The summed E-state index contributed by atoms with van der Waals surface area (Å²) in [5.74, 6) is 1.01. The van der Waals surface area contributed by atoms with Crippen LogP contribution in [0, 0.1) is 5.92 Å². The Bertz CT molecular complexity index is 768. The fourth-order valence-electron chi connectivity index (χ4n) is 5.18. The van der Waals surface area contributed by atoms with Gasteiger partial charge in [-0.15, -0.1) is 0 Å². The summed E-state index contributed by atoms with van der Waals surface area (Å²) in [7, 11) is 1.98. The van der Waals surface area contributed by atoms with E-state index in [9.17, 15) is 0 Å². The van der Waals surface area contributed by atoms with Crippen LogP contribution in [0.5, 0.6) is 0 Å². The van der Waals surface area contributed by atoms with Gasteiger partial charge in [0, 0.05) is 37.9 Å². The SMILES string of the molecule is Cn1cc(CNC2CC3(CCN(CC4CC4)CC3)c3ccccc32)cn1. The standard InChI is InChI=1S/C22H30N4/c1-25-15-18(14-24-25)13-23-21-12-22(20-5-3-2-4-19(20)21)8-10-26(11-9-22)16-17-6-7-17/h2-5,14-15,17,21,23H,6-13,16H2,1H3. The molecule has 138 valence electrons. The maximum Gasteiger partial charge on any atom is 0.0534 e. The van der Waals surface area contributed by atoms with Crippen LogP contribution in [0.25, 0.3) is 0 Å². The van der Waals surface area contributed by atoms with Crippen LogP contribution in [-0.4, -0.2) is 34.3 Å². The number of hydrogen-bond donors (Lipinski definition) is 1. The fourth-order valence-corrected chi connectivity index (χ4v) is 5.18. The molecule has 2 aromatic rings. The first-order valence-electron chi connectivity index (χ1n) is 10.2. The minimum atomic E-state index is 0.392. The molecule has 5 rings (SSSR count). The van der Waals surface area contributed by atoms with Crippen LogP contribution < -0.4 is 5.32 Å². The van der Waals surface area contributed by atoms with Gasteiger partial charge in [-0.25, -0.2) is 0 Å². The molecule has 1 N–H and O–H groups in total. The van der Waals surface area contributed by atoms with Gasteiger partial charge in [-0.2, -0.15) is 5.10 Å². The summed E-state index contributed by atoms with van der Waals surface area (Å²) in [6.45, 7) is 4.80. The highest BCUT2D eigenvalue weighted by atomic mass is 15.2. The third-order valence-corrected chi connectivity index (χ3v) is 6.84. The summed E-state index contributed by atoms with van der Waals surface area (Å²) in [4.78, 5) is 2.72. The van der Waals surface area contributed by atoms with E-state index in [1.165, 1.54) is 62.9 Å². The molecule has 3 aliphatic rings. The van der Waals surface area contributed by atoms with E-state index < -0.39 is 0 Å². The molecule has 1 spiro atoms. The fraction of sp³-hybridized carbons (Fsp3) is 0.591. The third-order valence-electron chi connectivity index (χ3n) is 6.84. The molecular formula is C22H30N4. The Kier molecular flexibility index (Phi) is 4.13. The highest BCUT2D eigenvalue weighted by Gasteiger charge is 2.45. The average molecular weight is 351 g/mol. The number of aromatic nitrogens is 2. The van der Waals surface area contributed by atoms with Gasteiger partial charge in [-0.3, -0.25) is 4.68 Å². The molecule has 0 radical (unpaired) electrons. The van der Waals surface area contributed by atoms with Gasteiger partial charge in [0.1, 0.15) is 0 Å². The van der Waals surface area contributed by atoms with Crippen LogP contribution in [0.1, 0.15) is 54.8 Å². The second kappa shape index (κ2) is 6.50. The number of piperidine rings is 1. The van der Waals surface area contributed by atoms with Gasteiger partial charge in [0.25, 0.3) is 0 Å². The Labute approximate surface area is 156 Å². The summed E-state index contributed by atoms with van der Waals surface area (Å²) in [5, 5.41) is 8.12. The Balaban J connectivity index is 1.30. The van der Waals surface area contributed by atoms with Crippen molar-refractivity contribution in [3.63, 3.8) is 0 Å². The van der Waals surface area contributed by atoms with Gasteiger partial charge < -0.3 is 10.2 Å². The number of hydrogen-bond acceptors (Lipinski definition) is 3. The maximum atomic E-state index is 4.30. The second-order valence-corrected chi connectivity index (χ2v) is 8.77. The van der Waals surface area contributed by atoms with E-state index >= 15 is 0 Å². The Morgan fingerprint density at radius 3 is 2.73 bits per heavy atom. The molecule has 1 aromatic carbocycles. The number of aryl methyl sites for hydroxylation is 1. The van der Waals surface area contributed by atoms with Crippen molar-refractivity contribution in [2.24, 2.45) is 13.0 Å². The molecule has 1 unspecified atom stereocenters. The number of fused-ring (bicyclic) bond motifs is 2. The smallest absolute Gasteiger partial charge is 0.0534 e. The zero-order valence-electron chi connectivity index (χ0n) is 15.8. The minimum Gasteiger partial charge on any atom is -0.306 e. The monoisotopic (exact) mass is 350 g/mol. The van der Waals surface area contributed by atoms with Crippen LogP contribution >= 0.6 is 0 Å². The quantitative estimate of drug-likeness (QED) is 0.897. The molecule has 4 heteroatoms. The van der Waals surface area contributed by atoms with Crippen LogP contribution in [0.4, 0.5) is 0 Å². The Morgan fingerprint density at radius 1 is 1.19 bits per heavy atom. The molecule has 1 aliphatic heterocycles. The predicted molar refractivity (Wildman–Crippen MR) is 104 cm³/mol. The van der Waals surface area contributed by atoms with Crippen LogP contribution in [0.15, 0.2) is 36.7 Å². The molecule has 1 aromatic heterocycles. The van der Waals surface area contributed by atoms with Gasteiger partial charge in [-0.05, 0) is 67.7 Å². The van der Waals surface area contributed by atoms with Crippen LogP contribution in [0.3, 0.4) is 0 Å². The first-order chi connectivity index (χ1) is 12.7. The lowest BCUT2D eigenvalue weighted by Gasteiger charge is -2.40. The van der Waals surface area contributed by atoms with Crippen molar-refractivity contribution in [2.45, 2.75) is 50.1 Å². The van der Waals surface area contributed by atoms with E-state index in [1.807, 2.05) is 17.9 Å². The van der Waals surface area contributed by atoms with E-state index in [1.54, 1.807) is 5.56 Å². The first kappa shape index (κ1) is 16.5. The number of benzene rings is 1. The number of nitrogens with zero attached hydrogens (tertiary/aromatic N) is 3. The van der Waals surface area contributed by atoms with Crippen molar-refractivity contribution < 1.29 is 0 Å². The summed E-state index contributed by atoms with van der Waals surface area (Å²) in [6.07, 6.45) is 10.9. The number of rotatable bonds is 5. The molecule has 1 saturated carbocycles. The third kappa shape index (κ3) is 3.10. The van der Waals surface area contributed by atoms with Gasteiger partial charge in [0.15, 0.2) is 0 Å². The van der Waals surface area contributed by atoms with E-state index in [4.69, 9.17) is 0 Å². The van der Waals surface area contributed by atoms with Crippen molar-refractivity contribution in [1.29, 1.82) is 0 Å². The van der Waals surface area contributed by atoms with E-state index in [-0.39, 0.29) is 0 Å². The summed E-state index contributed by atoms with van der Waals surface area (Å²) < 4.78 is 1.89. The molecule has 2 fully saturated rings. The lowest BCUT2D eigenvalue weighted by Crippen LogP contribution is -2.42. The number of likely N-dealkylation sites (tertiary alicyclic amines) is 1. The minimum absolute atomic E-state index is 0.392. The van der Waals surface area contributed by atoms with Gasteiger partial charge in [0.2, 0.25) is 0 Å². The van der Waals surface area contributed by atoms with Crippen molar-refractivity contribution in [3.8, 4) is 0 Å². The van der Waals surface area contributed by atoms with E-state index in [0.29, 0.717) is 11.5 Å².